The molecule has 2 heterocycles. The average molecular weight is 414 g/mol. The molecule has 0 aliphatic carbocycles. The van der Waals surface area contributed by atoms with E-state index in [-0.39, 0.29) is 12.3 Å². The van der Waals surface area contributed by atoms with E-state index in [1.807, 2.05) is 53.9 Å². The van der Waals surface area contributed by atoms with Gasteiger partial charge in [-0.25, -0.2) is 9.97 Å². The summed E-state index contributed by atoms with van der Waals surface area (Å²) in [4.78, 5) is 23.5. The van der Waals surface area contributed by atoms with Crippen LogP contribution in [0.5, 0.6) is 0 Å². The van der Waals surface area contributed by atoms with Gasteiger partial charge in [-0.1, -0.05) is 41.9 Å². The highest BCUT2D eigenvalue weighted by atomic mass is 35.5. The molecule has 0 unspecified atom stereocenters. The topological polar surface area (TPSA) is 46.1 Å². The maximum atomic E-state index is 12.6. The van der Waals surface area contributed by atoms with Gasteiger partial charge in [-0.15, -0.1) is 22.7 Å². The molecule has 0 aliphatic rings. The van der Waals surface area contributed by atoms with Crippen molar-refractivity contribution < 1.29 is 4.79 Å². The fourth-order valence-electron chi connectivity index (χ4n) is 2.72. The number of para-hydroxylation sites is 1. The average Bonchev–Trinajstić information content (AvgIpc) is 3.28. The van der Waals surface area contributed by atoms with Crippen molar-refractivity contribution in [2.75, 3.05) is 7.05 Å². The molecule has 0 bridgehead atoms. The minimum Gasteiger partial charge on any atom is -0.339 e. The third kappa shape index (κ3) is 4.03. The Kier molecular flexibility index (Phi) is 5.20. The summed E-state index contributed by atoms with van der Waals surface area (Å²) >= 11 is 9.35. The molecule has 7 heteroatoms. The van der Waals surface area contributed by atoms with Crippen LogP contribution >= 0.6 is 34.3 Å². The molecule has 0 aliphatic heterocycles. The number of hydrogen-bond acceptors (Lipinski definition) is 5. The van der Waals surface area contributed by atoms with Crippen LogP contribution in [0.2, 0.25) is 5.02 Å². The van der Waals surface area contributed by atoms with Crippen LogP contribution in [0.4, 0.5) is 0 Å². The molecule has 0 radical (unpaired) electrons. The van der Waals surface area contributed by atoms with Gasteiger partial charge < -0.3 is 4.90 Å². The Labute approximate surface area is 170 Å². The Morgan fingerprint density at radius 1 is 1.11 bits per heavy atom. The van der Waals surface area contributed by atoms with Crippen LogP contribution in [0.1, 0.15) is 10.7 Å². The number of thiazole rings is 2. The standard InChI is InChI=1S/C20H16ClN3OS2/c1-24(11-18-23-16-8-4-5-9-17(16)27-18)19(25)10-13-12-26-20(22-13)14-6-2-3-7-15(14)21/h2-9,12H,10-11H2,1H3. The van der Waals surface area contributed by atoms with Crippen LogP contribution in [0, 0.1) is 0 Å². The summed E-state index contributed by atoms with van der Waals surface area (Å²) < 4.78 is 1.14. The molecule has 2 aromatic heterocycles. The van der Waals surface area contributed by atoms with E-state index < -0.39 is 0 Å². The number of carbonyl (C=O) groups excluding carboxylic acids is 1. The molecule has 0 N–H and O–H groups in total. The van der Waals surface area contributed by atoms with Gasteiger partial charge in [-0.05, 0) is 18.2 Å². The van der Waals surface area contributed by atoms with Gasteiger partial charge in [0.05, 0.1) is 33.9 Å². The molecule has 4 nitrogen and oxygen atoms in total. The van der Waals surface area contributed by atoms with Crippen molar-refractivity contribution in [2.24, 2.45) is 0 Å². The number of halogens is 1. The molecule has 4 rings (SSSR count). The van der Waals surface area contributed by atoms with Crippen molar-refractivity contribution in [1.29, 1.82) is 0 Å². The van der Waals surface area contributed by atoms with E-state index in [0.29, 0.717) is 11.6 Å². The van der Waals surface area contributed by atoms with E-state index >= 15 is 0 Å². The van der Waals surface area contributed by atoms with Crippen LogP contribution in [-0.2, 0) is 17.8 Å². The van der Waals surface area contributed by atoms with Gasteiger partial charge in [-0.3, -0.25) is 4.79 Å². The summed E-state index contributed by atoms with van der Waals surface area (Å²) in [5.41, 5.74) is 2.63. The molecule has 0 spiro atoms. The zero-order valence-corrected chi connectivity index (χ0v) is 16.9. The molecule has 136 valence electrons. The van der Waals surface area contributed by atoms with Gasteiger partial charge >= 0.3 is 0 Å². The van der Waals surface area contributed by atoms with Crippen LogP contribution < -0.4 is 0 Å². The highest BCUT2D eigenvalue weighted by molar-refractivity contribution is 7.18. The SMILES string of the molecule is CN(Cc1nc2ccccc2s1)C(=O)Cc1csc(-c2ccccc2Cl)n1. The zero-order chi connectivity index (χ0) is 18.8. The van der Waals surface area contributed by atoms with Crippen LogP contribution in [0.3, 0.4) is 0 Å². The second kappa shape index (κ2) is 7.76. The van der Waals surface area contributed by atoms with E-state index in [1.165, 1.54) is 11.3 Å². The summed E-state index contributed by atoms with van der Waals surface area (Å²) in [5.74, 6) is 0.0188. The number of amides is 1. The predicted molar refractivity (Wildman–Crippen MR) is 112 cm³/mol. The Morgan fingerprint density at radius 2 is 1.89 bits per heavy atom. The number of nitrogens with zero attached hydrogens (tertiary/aromatic N) is 3. The summed E-state index contributed by atoms with van der Waals surface area (Å²) in [6.45, 7) is 0.500. The third-order valence-electron chi connectivity index (χ3n) is 4.12. The van der Waals surface area contributed by atoms with Crippen LogP contribution in [-0.4, -0.2) is 27.8 Å². The van der Waals surface area contributed by atoms with Gasteiger partial charge in [0.15, 0.2) is 0 Å². The molecule has 2 aromatic carbocycles. The van der Waals surface area contributed by atoms with Gasteiger partial charge in [0.1, 0.15) is 10.0 Å². The molecular formula is C20H16ClN3OS2. The van der Waals surface area contributed by atoms with Crippen molar-refractivity contribution in [1.82, 2.24) is 14.9 Å². The number of hydrogen-bond donors (Lipinski definition) is 0. The van der Waals surface area contributed by atoms with Crippen molar-refractivity contribution in [2.45, 2.75) is 13.0 Å². The number of rotatable bonds is 5. The minimum absolute atomic E-state index is 0.0188. The molecule has 0 fully saturated rings. The first-order valence-corrected chi connectivity index (χ1v) is 10.5. The number of benzene rings is 2. The van der Waals surface area contributed by atoms with Crippen molar-refractivity contribution in [3.8, 4) is 10.6 Å². The van der Waals surface area contributed by atoms with E-state index in [0.717, 1.165) is 31.5 Å². The van der Waals surface area contributed by atoms with Gasteiger partial charge in [0.2, 0.25) is 5.91 Å². The van der Waals surface area contributed by atoms with Crippen LogP contribution in [0.15, 0.2) is 53.9 Å². The quantitative estimate of drug-likeness (QED) is 0.447. The second-order valence-electron chi connectivity index (χ2n) is 6.13. The molecule has 0 atom stereocenters. The summed E-state index contributed by atoms with van der Waals surface area (Å²) in [6.07, 6.45) is 0.266. The largest absolute Gasteiger partial charge is 0.339 e. The lowest BCUT2D eigenvalue weighted by Gasteiger charge is -2.14. The highest BCUT2D eigenvalue weighted by Gasteiger charge is 2.15. The highest BCUT2D eigenvalue weighted by Crippen LogP contribution is 2.30. The van der Waals surface area contributed by atoms with Crippen LogP contribution in [0.25, 0.3) is 20.8 Å². The van der Waals surface area contributed by atoms with E-state index in [2.05, 4.69) is 9.97 Å². The Balaban J connectivity index is 1.43. The normalized spacial score (nSPS) is 11.0. The molecule has 0 saturated carbocycles. The third-order valence-corrected chi connectivity index (χ3v) is 6.40. The number of fused-ring (bicyclic) bond motifs is 1. The lowest BCUT2D eigenvalue weighted by atomic mass is 10.2. The van der Waals surface area contributed by atoms with Gasteiger partial charge in [-0.2, -0.15) is 0 Å². The predicted octanol–water partition coefficient (Wildman–Crippen LogP) is 5.27. The lowest BCUT2D eigenvalue weighted by Crippen LogP contribution is -2.27. The lowest BCUT2D eigenvalue weighted by molar-refractivity contribution is -0.129. The molecular weight excluding hydrogens is 398 g/mol. The summed E-state index contributed by atoms with van der Waals surface area (Å²) in [5, 5.41) is 4.35. The number of carbonyl (C=O) groups is 1. The Morgan fingerprint density at radius 3 is 2.70 bits per heavy atom. The first kappa shape index (κ1) is 18.1. The minimum atomic E-state index is 0.0188. The summed E-state index contributed by atoms with van der Waals surface area (Å²) in [7, 11) is 1.80. The monoisotopic (exact) mass is 413 g/mol. The van der Waals surface area contributed by atoms with Crippen molar-refractivity contribution in [3.63, 3.8) is 0 Å². The second-order valence-corrected chi connectivity index (χ2v) is 8.51. The van der Waals surface area contributed by atoms with Crippen molar-refractivity contribution >= 4 is 50.4 Å². The number of likely N-dealkylation sites (N-methyl/N-ethyl adjacent to an activating group) is 1. The summed E-state index contributed by atoms with van der Waals surface area (Å²) in [6, 6.07) is 15.6. The van der Waals surface area contributed by atoms with Crippen molar-refractivity contribution in [3.05, 3.63) is 69.6 Å². The zero-order valence-electron chi connectivity index (χ0n) is 14.6. The Hall–Kier alpha value is -2.28. The maximum absolute atomic E-state index is 12.6. The Bertz CT molecular complexity index is 1070. The number of aromatic nitrogens is 2. The van der Waals surface area contributed by atoms with Gasteiger partial charge in [0.25, 0.3) is 0 Å². The molecule has 0 saturated heterocycles. The molecule has 1 amide bonds. The molecule has 27 heavy (non-hydrogen) atoms. The van der Waals surface area contributed by atoms with E-state index in [1.54, 1.807) is 23.3 Å². The first-order valence-electron chi connectivity index (χ1n) is 8.38. The maximum Gasteiger partial charge on any atom is 0.228 e. The van der Waals surface area contributed by atoms with E-state index in [9.17, 15) is 4.79 Å². The van der Waals surface area contributed by atoms with E-state index in [4.69, 9.17) is 11.6 Å². The fourth-order valence-corrected chi connectivity index (χ4v) is 4.88. The fraction of sp³-hybridized carbons (Fsp3) is 0.150. The molecule has 4 aromatic rings. The van der Waals surface area contributed by atoms with Gasteiger partial charge in [0, 0.05) is 18.0 Å². The smallest absolute Gasteiger partial charge is 0.228 e. The first-order chi connectivity index (χ1) is 13.1.